The highest BCUT2D eigenvalue weighted by Crippen LogP contribution is 2.52. The van der Waals surface area contributed by atoms with Crippen LogP contribution in [0.1, 0.15) is 13.3 Å². The number of rotatable bonds is 3. The number of allylic oxidation sites excluding steroid dienone is 2. The summed E-state index contributed by atoms with van der Waals surface area (Å²) in [5.74, 6) is -0.655. The van der Waals surface area contributed by atoms with Crippen molar-refractivity contribution in [1.29, 1.82) is 0 Å². The molecule has 1 aromatic rings. The highest BCUT2D eigenvalue weighted by Gasteiger charge is 2.60. The summed E-state index contributed by atoms with van der Waals surface area (Å²) in [6.45, 7) is 1.59. The van der Waals surface area contributed by atoms with E-state index in [0.717, 1.165) is 11.3 Å². The van der Waals surface area contributed by atoms with E-state index < -0.39 is 11.9 Å². The summed E-state index contributed by atoms with van der Waals surface area (Å²) in [5.41, 5.74) is 0. The van der Waals surface area contributed by atoms with E-state index in [1.165, 1.54) is 0 Å². The molecule has 0 spiro atoms. The Morgan fingerprint density at radius 2 is 1.87 bits per heavy atom. The normalized spacial score (nSPS) is 32.3. The van der Waals surface area contributed by atoms with E-state index in [-0.39, 0.29) is 35.5 Å². The molecule has 2 heterocycles. The average Bonchev–Trinajstić information content (AvgIpc) is 3.22. The van der Waals surface area contributed by atoms with Gasteiger partial charge in [-0.1, -0.05) is 18.2 Å². The molecular weight excluding hydrogens is 294 g/mol. The second-order valence-corrected chi connectivity index (χ2v) is 6.43. The number of hydrogen-bond acceptors (Lipinski definition) is 4. The van der Waals surface area contributed by atoms with Crippen LogP contribution in [0.2, 0.25) is 0 Å². The van der Waals surface area contributed by atoms with Gasteiger partial charge in [0.1, 0.15) is 11.9 Å². The van der Waals surface area contributed by atoms with Gasteiger partial charge in [-0.3, -0.25) is 19.3 Å². The van der Waals surface area contributed by atoms with Gasteiger partial charge < -0.3 is 5.32 Å². The molecule has 23 heavy (non-hydrogen) atoms. The molecule has 1 aliphatic heterocycles. The van der Waals surface area contributed by atoms with Crippen LogP contribution in [0.5, 0.6) is 0 Å². The fourth-order valence-corrected chi connectivity index (χ4v) is 4.09. The molecule has 0 aromatic carbocycles. The van der Waals surface area contributed by atoms with Gasteiger partial charge in [0.25, 0.3) is 0 Å². The zero-order chi connectivity index (χ0) is 16.1. The second-order valence-electron chi connectivity index (χ2n) is 6.43. The van der Waals surface area contributed by atoms with Gasteiger partial charge in [-0.2, -0.15) is 0 Å². The predicted octanol–water partition coefficient (Wildman–Crippen LogP) is 1.22. The molecule has 5 atom stereocenters. The maximum atomic E-state index is 12.7. The quantitative estimate of drug-likeness (QED) is 0.672. The molecule has 1 aromatic heterocycles. The fourth-order valence-electron chi connectivity index (χ4n) is 4.09. The van der Waals surface area contributed by atoms with Crippen molar-refractivity contribution in [2.45, 2.75) is 19.4 Å². The summed E-state index contributed by atoms with van der Waals surface area (Å²) >= 11 is 0. The van der Waals surface area contributed by atoms with Crippen LogP contribution >= 0.6 is 0 Å². The lowest BCUT2D eigenvalue weighted by Gasteiger charge is -2.23. The first-order valence-electron chi connectivity index (χ1n) is 7.85. The van der Waals surface area contributed by atoms with Gasteiger partial charge in [0.15, 0.2) is 0 Å². The van der Waals surface area contributed by atoms with E-state index in [9.17, 15) is 14.4 Å². The lowest BCUT2D eigenvalue weighted by molar-refractivity contribution is -0.146. The molecule has 2 fully saturated rings. The second kappa shape index (κ2) is 5.01. The first-order valence-corrected chi connectivity index (χ1v) is 7.85. The van der Waals surface area contributed by atoms with Crippen molar-refractivity contribution in [2.75, 3.05) is 5.32 Å². The number of anilines is 1. The Kier molecular flexibility index (Phi) is 3.07. The molecule has 1 N–H and O–H groups in total. The van der Waals surface area contributed by atoms with Crippen molar-refractivity contribution < 1.29 is 14.4 Å². The monoisotopic (exact) mass is 311 g/mol. The van der Waals surface area contributed by atoms with Crippen LogP contribution in [0, 0.1) is 23.7 Å². The Morgan fingerprint density at radius 3 is 2.43 bits per heavy atom. The Morgan fingerprint density at radius 1 is 1.22 bits per heavy atom. The third-order valence-corrected chi connectivity index (χ3v) is 5.19. The smallest absolute Gasteiger partial charge is 0.248 e. The van der Waals surface area contributed by atoms with E-state index in [4.69, 9.17) is 0 Å². The number of carbonyl (C=O) groups excluding carboxylic acids is 3. The molecule has 0 radical (unpaired) electrons. The molecule has 4 rings (SSSR count). The van der Waals surface area contributed by atoms with Crippen molar-refractivity contribution in [1.82, 2.24) is 9.88 Å². The average molecular weight is 311 g/mol. The molecule has 2 bridgehead atoms. The summed E-state index contributed by atoms with van der Waals surface area (Å²) in [6, 6.07) is 4.34. The number of amides is 3. The minimum absolute atomic E-state index is 0.150. The topological polar surface area (TPSA) is 79.4 Å². The van der Waals surface area contributed by atoms with E-state index in [1.54, 1.807) is 31.3 Å². The Balaban J connectivity index is 1.53. The first kappa shape index (κ1) is 14.1. The van der Waals surface area contributed by atoms with Gasteiger partial charge >= 0.3 is 0 Å². The van der Waals surface area contributed by atoms with Crippen LogP contribution in [-0.2, 0) is 14.4 Å². The number of aromatic nitrogens is 1. The number of nitrogens with zero attached hydrogens (tertiary/aromatic N) is 2. The maximum Gasteiger partial charge on any atom is 0.248 e. The summed E-state index contributed by atoms with van der Waals surface area (Å²) < 4.78 is 0. The van der Waals surface area contributed by atoms with Crippen LogP contribution in [0.15, 0.2) is 36.5 Å². The van der Waals surface area contributed by atoms with Crippen molar-refractivity contribution in [3.05, 3.63) is 36.5 Å². The molecule has 0 unspecified atom stereocenters. The van der Waals surface area contributed by atoms with Crippen molar-refractivity contribution in [3.63, 3.8) is 0 Å². The number of likely N-dealkylation sites (tertiary alicyclic amines) is 1. The summed E-state index contributed by atoms with van der Waals surface area (Å²) in [7, 11) is 0. The largest absolute Gasteiger partial charge is 0.309 e. The van der Waals surface area contributed by atoms with Gasteiger partial charge in [0, 0.05) is 6.20 Å². The maximum absolute atomic E-state index is 12.7. The number of pyridine rings is 1. The number of imide groups is 1. The Bertz CT molecular complexity index is 685. The summed E-state index contributed by atoms with van der Waals surface area (Å²) in [5, 5.41) is 2.65. The Labute approximate surface area is 133 Å². The molecular formula is C17H17N3O3. The van der Waals surface area contributed by atoms with Gasteiger partial charge in [0.05, 0.1) is 11.8 Å². The van der Waals surface area contributed by atoms with Gasteiger partial charge in [-0.25, -0.2) is 4.98 Å². The van der Waals surface area contributed by atoms with E-state index in [2.05, 4.69) is 10.3 Å². The van der Waals surface area contributed by atoms with E-state index in [0.29, 0.717) is 5.82 Å². The molecule has 3 aliphatic rings. The number of nitrogens with one attached hydrogen (secondary N) is 1. The first-order chi connectivity index (χ1) is 11.1. The number of carbonyl (C=O) groups is 3. The zero-order valence-electron chi connectivity index (χ0n) is 12.7. The number of fused-ring (bicyclic) bond motifs is 5. The number of hydrogen-bond donors (Lipinski definition) is 1. The van der Waals surface area contributed by atoms with Gasteiger partial charge in [0.2, 0.25) is 17.7 Å². The zero-order valence-corrected chi connectivity index (χ0v) is 12.7. The van der Waals surface area contributed by atoms with Crippen molar-refractivity contribution in [3.8, 4) is 0 Å². The van der Waals surface area contributed by atoms with Crippen LogP contribution in [0.25, 0.3) is 0 Å². The SMILES string of the molecule is C[C@@H](C(=O)Nc1ccccn1)N1C(=O)[C@@H]2[C@H](C1=O)[C@H]1C=C[C@H]2C1. The lowest BCUT2D eigenvalue weighted by atomic mass is 9.85. The summed E-state index contributed by atoms with van der Waals surface area (Å²) in [4.78, 5) is 42.9. The van der Waals surface area contributed by atoms with E-state index in [1.807, 2.05) is 12.2 Å². The highest BCUT2D eigenvalue weighted by atomic mass is 16.2. The molecule has 6 nitrogen and oxygen atoms in total. The molecule has 118 valence electrons. The van der Waals surface area contributed by atoms with Gasteiger partial charge in [-0.05, 0) is 37.3 Å². The van der Waals surface area contributed by atoms with Crippen molar-refractivity contribution in [2.24, 2.45) is 23.7 Å². The van der Waals surface area contributed by atoms with Crippen LogP contribution in [0.4, 0.5) is 5.82 Å². The molecule has 1 saturated heterocycles. The highest BCUT2D eigenvalue weighted by molar-refractivity contribution is 6.10. The minimum atomic E-state index is -0.831. The summed E-state index contributed by atoms with van der Waals surface area (Å²) in [6.07, 6.45) is 6.54. The minimum Gasteiger partial charge on any atom is -0.309 e. The van der Waals surface area contributed by atoms with Gasteiger partial charge in [-0.15, -0.1) is 0 Å². The molecule has 1 saturated carbocycles. The lowest BCUT2D eigenvalue weighted by Crippen LogP contribution is -2.46. The van der Waals surface area contributed by atoms with Crippen LogP contribution < -0.4 is 5.32 Å². The molecule has 3 amide bonds. The van der Waals surface area contributed by atoms with Crippen LogP contribution in [-0.4, -0.2) is 33.6 Å². The van der Waals surface area contributed by atoms with Crippen molar-refractivity contribution >= 4 is 23.5 Å². The third-order valence-electron chi connectivity index (χ3n) is 5.19. The molecule has 2 aliphatic carbocycles. The predicted molar refractivity (Wildman–Crippen MR) is 81.9 cm³/mol. The van der Waals surface area contributed by atoms with E-state index >= 15 is 0 Å². The molecule has 6 heteroatoms. The third kappa shape index (κ3) is 2.01. The Hall–Kier alpha value is -2.50. The fraction of sp³-hybridized carbons (Fsp3) is 0.412. The van der Waals surface area contributed by atoms with Crippen LogP contribution in [0.3, 0.4) is 0 Å². The standard InChI is InChI=1S/C17H17N3O3/c1-9(15(21)19-12-4-2-3-7-18-12)20-16(22)13-10-5-6-11(8-10)14(13)17(20)23/h2-7,9-11,13-14H,8H2,1H3,(H,18,19,21)/t9-,10-,11-,13-,14+/m0/s1.